The first-order chi connectivity index (χ1) is 8.50. The second kappa shape index (κ2) is 4.99. The standard InChI is InChI=1S/C12H17NO5/c1-13(8-12(16)4-6-17-7-5-12)10-3-2-9(18-10)11(14)15/h2-3,16H,4-8H2,1H3,(H,14,15). The summed E-state index contributed by atoms with van der Waals surface area (Å²) in [4.78, 5) is 12.4. The van der Waals surface area contributed by atoms with Crippen molar-refractivity contribution >= 4 is 11.9 Å². The lowest BCUT2D eigenvalue weighted by molar-refractivity contribution is -0.0575. The van der Waals surface area contributed by atoms with Gasteiger partial charge in [0.15, 0.2) is 5.88 Å². The maximum Gasteiger partial charge on any atom is 0.371 e. The molecule has 0 spiro atoms. The van der Waals surface area contributed by atoms with Crippen molar-refractivity contribution in [1.82, 2.24) is 0 Å². The predicted octanol–water partition coefficient (Wildman–Crippen LogP) is 0.955. The van der Waals surface area contributed by atoms with E-state index < -0.39 is 11.6 Å². The van der Waals surface area contributed by atoms with Gasteiger partial charge in [-0.2, -0.15) is 0 Å². The molecule has 0 aliphatic carbocycles. The Hall–Kier alpha value is -1.53. The minimum Gasteiger partial charge on any atom is -0.475 e. The average Bonchev–Trinajstić information content (AvgIpc) is 2.78. The Bertz CT molecular complexity index is 422. The molecule has 1 aliphatic heterocycles. The van der Waals surface area contributed by atoms with Gasteiger partial charge < -0.3 is 24.3 Å². The Morgan fingerprint density at radius 3 is 2.67 bits per heavy atom. The van der Waals surface area contributed by atoms with E-state index in [1.807, 2.05) is 0 Å². The smallest absolute Gasteiger partial charge is 0.371 e. The molecule has 2 N–H and O–H groups in total. The molecule has 2 rings (SSSR count). The van der Waals surface area contributed by atoms with Crippen LogP contribution in [0.15, 0.2) is 16.5 Å². The SMILES string of the molecule is CN(CC1(O)CCOCC1)c1ccc(C(=O)O)o1. The van der Waals surface area contributed by atoms with Gasteiger partial charge in [0, 0.05) is 45.7 Å². The molecule has 0 saturated carbocycles. The summed E-state index contributed by atoms with van der Waals surface area (Å²) in [6, 6.07) is 2.99. The minimum atomic E-state index is -1.10. The number of furan rings is 1. The number of aliphatic hydroxyl groups is 1. The van der Waals surface area contributed by atoms with Crippen molar-refractivity contribution in [3.8, 4) is 0 Å². The Labute approximate surface area is 105 Å². The number of aromatic carboxylic acids is 1. The monoisotopic (exact) mass is 255 g/mol. The molecule has 1 aliphatic rings. The van der Waals surface area contributed by atoms with Gasteiger partial charge in [-0.05, 0) is 6.07 Å². The van der Waals surface area contributed by atoms with Crippen molar-refractivity contribution in [3.63, 3.8) is 0 Å². The second-order valence-electron chi connectivity index (χ2n) is 4.64. The molecule has 1 fully saturated rings. The molecule has 1 saturated heterocycles. The molecule has 100 valence electrons. The van der Waals surface area contributed by atoms with Crippen LogP contribution >= 0.6 is 0 Å². The molecule has 18 heavy (non-hydrogen) atoms. The van der Waals surface area contributed by atoms with Gasteiger partial charge >= 0.3 is 5.97 Å². The molecule has 0 aromatic carbocycles. The van der Waals surface area contributed by atoms with E-state index in [4.69, 9.17) is 14.3 Å². The molecule has 2 heterocycles. The van der Waals surface area contributed by atoms with Gasteiger partial charge in [0.1, 0.15) is 0 Å². The van der Waals surface area contributed by atoms with Crippen LogP contribution in [-0.2, 0) is 4.74 Å². The van der Waals surface area contributed by atoms with Gasteiger partial charge in [0.2, 0.25) is 5.76 Å². The quantitative estimate of drug-likeness (QED) is 0.833. The van der Waals surface area contributed by atoms with Gasteiger partial charge in [-0.1, -0.05) is 0 Å². The molecule has 0 unspecified atom stereocenters. The van der Waals surface area contributed by atoms with E-state index in [1.54, 1.807) is 18.0 Å². The summed E-state index contributed by atoms with van der Waals surface area (Å²) in [5.74, 6) is -0.762. The third-order valence-corrected chi connectivity index (χ3v) is 3.13. The van der Waals surface area contributed by atoms with Crippen LogP contribution < -0.4 is 4.90 Å². The average molecular weight is 255 g/mol. The van der Waals surface area contributed by atoms with Crippen LogP contribution in [0.25, 0.3) is 0 Å². The van der Waals surface area contributed by atoms with Crippen LogP contribution in [0.1, 0.15) is 23.4 Å². The van der Waals surface area contributed by atoms with E-state index in [0.717, 1.165) is 0 Å². The van der Waals surface area contributed by atoms with Crippen molar-refractivity contribution < 1.29 is 24.2 Å². The fourth-order valence-corrected chi connectivity index (χ4v) is 2.08. The van der Waals surface area contributed by atoms with E-state index in [1.165, 1.54) is 6.07 Å². The van der Waals surface area contributed by atoms with Crippen molar-refractivity contribution in [2.45, 2.75) is 18.4 Å². The number of hydrogen-bond acceptors (Lipinski definition) is 5. The first-order valence-corrected chi connectivity index (χ1v) is 5.85. The number of rotatable bonds is 4. The fourth-order valence-electron chi connectivity index (χ4n) is 2.08. The molecule has 1 aromatic heterocycles. The van der Waals surface area contributed by atoms with Crippen LogP contribution in [0.5, 0.6) is 0 Å². The molecule has 1 aromatic rings. The van der Waals surface area contributed by atoms with Gasteiger partial charge in [-0.15, -0.1) is 0 Å². The van der Waals surface area contributed by atoms with Crippen molar-refractivity contribution in [3.05, 3.63) is 17.9 Å². The number of carboxylic acids is 1. The first-order valence-electron chi connectivity index (χ1n) is 5.85. The lowest BCUT2D eigenvalue weighted by Crippen LogP contribution is -2.45. The van der Waals surface area contributed by atoms with Gasteiger partial charge in [-0.3, -0.25) is 0 Å². The number of nitrogens with zero attached hydrogens (tertiary/aromatic N) is 1. The highest BCUT2D eigenvalue weighted by Gasteiger charge is 2.31. The Morgan fingerprint density at radius 2 is 2.11 bits per heavy atom. The molecule has 0 atom stereocenters. The molecular weight excluding hydrogens is 238 g/mol. The van der Waals surface area contributed by atoms with E-state index >= 15 is 0 Å². The zero-order valence-corrected chi connectivity index (χ0v) is 10.3. The zero-order valence-electron chi connectivity index (χ0n) is 10.3. The van der Waals surface area contributed by atoms with Crippen LogP contribution in [0.3, 0.4) is 0 Å². The largest absolute Gasteiger partial charge is 0.475 e. The van der Waals surface area contributed by atoms with Crippen LogP contribution in [0.4, 0.5) is 5.88 Å². The maximum absolute atomic E-state index is 10.7. The topological polar surface area (TPSA) is 83.1 Å². The highest BCUT2D eigenvalue weighted by molar-refractivity contribution is 5.84. The number of anilines is 1. The lowest BCUT2D eigenvalue weighted by atomic mass is 9.94. The van der Waals surface area contributed by atoms with Crippen LogP contribution in [0.2, 0.25) is 0 Å². The van der Waals surface area contributed by atoms with Crippen molar-refractivity contribution in [2.75, 3.05) is 31.7 Å². The summed E-state index contributed by atoms with van der Waals surface area (Å²) >= 11 is 0. The molecule has 0 bridgehead atoms. The van der Waals surface area contributed by atoms with Crippen molar-refractivity contribution in [2.24, 2.45) is 0 Å². The summed E-state index contributed by atoms with van der Waals surface area (Å²) in [6.07, 6.45) is 1.15. The third-order valence-electron chi connectivity index (χ3n) is 3.13. The van der Waals surface area contributed by atoms with Crippen molar-refractivity contribution in [1.29, 1.82) is 0 Å². The maximum atomic E-state index is 10.7. The highest BCUT2D eigenvalue weighted by Crippen LogP contribution is 2.25. The summed E-state index contributed by atoms with van der Waals surface area (Å²) in [7, 11) is 1.76. The summed E-state index contributed by atoms with van der Waals surface area (Å²) in [5, 5.41) is 19.1. The third kappa shape index (κ3) is 2.83. The fraction of sp³-hybridized carbons (Fsp3) is 0.583. The highest BCUT2D eigenvalue weighted by atomic mass is 16.5. The Kier molecular flexibility index (Phi) is 3.58. The van der Waals surface area contributed by atoms with Crippen LogP contribution in [-0.4, -0.2) is 48.6 Å². The van der Waals surface area contributed by atoms with Gasteiger partial charge in [-0.25, -0.2) is 4.79 Å². The molecule has 6 nitrogen and oxygen atoms in total. The minimum absolute atomic E-state index is 0.101. The van der Waals surface area contributed by atoms with E-state index in [2.05, 4.69) is 0 Å². The van der Waals surface area contributed by atoms with E-state index in [-0.39, 0.29) is 5.76 Å². The predicted molar refractivity (Wildman–Crippen MR) is 63.9 cm³/mol. The summed E-state index contributed by atoms with van der Waals surface area (Å²) < 4.78 is 10.4. The molecular formula is C12H17NO5. The van der Waals surface area contributed by atoms with E-state index in [9.17, 15) is 9.90 Å². The number of hydrogen-bond donors (Lipinski definition) is 2. The number of likely N-dealkylation sites (N-methyl/N-ethyl adjacent to an activating group) is 1. The lowest BCUT2D eigenvalue weighted by Gasteiger charge is -2.35. The zero-order chi connectivity index (χ0) is 13.2. The number of carboxylic acid groups (broad SMARTS) is 1. The Balaban J connectivity index is 2.01. The molecule has 0 radical (unpaired) electrons. The Morgan fingerprint density at radius 1 is 1.44 bits per heavy atom. The van der Waals surface area contributed by atoms with Gasteiger partial charge in [0.05, 0.1) is 5.60 Å². The van der Waals surface area contributed by atoms with Crippen LogP contribution in [0, 0.1) is 0 Å². The number of ether oxygens (including phenoxy) is 1. The van der Waals surface area contributed by atoms with E-state index in [0.29, 0.717) is 38.5 Å². The number of carbonyl (C=O) groups is 1. The first kappa shape index (κ1) is 12.9. The summed E-state index contributed by atoms with van der Waals surface area (Å²) in [5.41, 5.74) is -0.802. The molecule has 6 heteroatoms. The van der Waals surface area contributed by atoms with Gasteiger partial charge in [0.25, 0.3) is 0 Å². The second-order valence-corrected chi connectivity index (χ2v) is 4.64. The normalized spacial score (nSPS) is 18.6. The molecule has 0 amide bonds. The summed E-state index contributed by atoms with van der Waals surface area (Å²) in [6.45, 7) is 1.48.